The molecule has 0 amide bonds. The average Bonchev–Trinajstić information content (AvgIpc) is 0.722. The third-order valence-corrected chi connectivity index (χ3v) is 0. The van der Waals surface area contributed by atoms with Gasteiger partial charge in [0, 0.05) is 38.2 Å². The minimum absolute atomic E-state index is 0. The van der Waals surface area contributed by atoms with Gasteiger partial charge < -0.3 is 14.7 Å². The summed E-state index contributed by atoms with van der Waals surface area (Å²) in [4.78, 5) is 21.6. The molecule has 0 fully saturated rings. The van der Waals surface area contributed by atoms with Gasteiger partial charge in [-0.1, -0.05) is 0 Å². The van der Waals surface area contributed by atoms with Gasteiger partial charge in [0.15, 0.2) is 0 Å². The van der Waals surface area contributed by atoms with Gasteiger partial charge >= 0.3 is 26.7 Å². The van der Waals surface area contributed by atoms with Crippen molar-refractivity contribution in [3.63, 3.8) is 0 Å². The molecule has 0 aromatic carbocycles. The SMILES string of the molecule is O=P(O)(O)O.[Dy].[LiH]. The van der Waals surface area contributed by atoms with E-state index in [4.69, 9.17) is 19.2 Å². The van der Waals surface area contributed by atoms with Crippen molar-refractivity contribution in [1.82, 2.24) is 0 Å². The van der Waals surface area contributed by atoms with Gasteiger partial charge in [0.05, 0.1) is 0 Å². The summed E-state index contributed by atoms with van der Waals surface area (Å²) in [5.41, 5.74) is 0. The molecule has 0 aliphatic rings. The van der Waals surface area contributed by atoms with Crippen LogP contribution in [-0.4, -0.2) is 33.5 Å². The number of hydrogen-bond acceptors (Lipinski definition) is 1. The van der Waals surface area contributed by atoms with Crippen molar-refractivity contribution in [2.75, 3.05) is 0 Å². The van der Waals surface area contributed by atoms with E-state index in [0.29, 0.717) is 0 Å². The molecule has 0 bridgehead atoms. The Balaban J connectivity index is -0.0000000800. The molecule has 0 rings (SSSR count). The molecule has 0 saturated heterocycles. The van der Waals surface area contributed by atoms with Gasteiger partial charge in [0.2, 0.25) is 0 Å². The van der Waals surface area contributed by atoms with Crippen molar-refractivity contribution >= 4 is 26.7 Å². The molecule has 0 radical (unpaired) electrons. The maximum atomic E-state index is 8.88. The Bertz CT molecular complexity index is 57.8. The molecule has 0 heterocycles. The molecule has 0 atom stereocenters. The van der Waals surface area contributed by atoms with E-state index in [1.807, 2.05) is 0 Å². The topological polar surface area (TPSA) is 77.8 Å². The van der Waals surface area contributed by atoms with Gasteiger partial charge in [-0.05, 0) is 0 Å². The second-order valence-corrected chi connectivity index (χ2v) is 1.54. The van der Waals surface area contributed by atoms with Gasteiger partial charge in [-0.15, -0.1) is 0 Å². The van der Waals surface area contributed by atoms with Crippen LogP contribution >= 0.6 is 7.82 Å². The molecular formula is H4DyLiO4P. The summed E-state index contributed by atoms with van der Waals surface area (Å²) >= 11 is 0. The molecule has 0 saturated carbocycles. The Morgan fingerprint density at radius 1 is 1.14 bits per heavy atom. The van der Waals surface area contributed by atoms with Crippen molar-refractivity contribution in [3.8, 4) is 0 Å². The van der Waals surface area contributed by atoms with Crippen LogP contribution < -0.4 is 0 Å². The fraction of sp³-hybridized carbons (Fsp3) is 0. The summed E-state index contributed by atoms with van der Waals surface area (Å²) in [6, 6.07) is 0. The van der Waals surface area contributed by atoms with Gasteiger partial charge in [0.1, 0.15) is 0 Å². The Morgan fingerprint density at radius 2 is 1.14 bits per heavy atom. The van der Waals surface area contributed by atoms with E-state index >= 15 is 0 Å². The first-order valence-electron chi connectivity index (χ1n) is 0.783. The second kappa shape index (κ2) is 6.11. The zero-order chi connectivity index (χ0) is 4.50. The standard InChI is InChI=1S/Dy.Li.H3O4P.H/c;;1-5(2,3)4;/h;;(H3,1,2,3,4);. The third kappa shape index (κ3) is 72.8. The Morgan fingerprint density at radius 3 is 1.14 bits per heavy atom. The van der Waals surface area contributed by atoms with Crippen molar-refractivity contribution in [3.05, 3.63) is 0 Å². The summed E-state index contributed by atoms with van der Waals surface area (Å²) in [6.07, 6.45) is 0. The summed E-state index contributed by atoms with van der Waals surface area (Å²) in [5, 5.41) is 0. The molecule has 0 aliphatic heterocycles. The van der Waals surface area contributed by atoms with Gasteiger partial charge in [-0.2, -0.15) is 0 Å². The normalized spacial score (nSPS) is 8.43. The summed E-state index contributed by atoms with van der Waals surface area (Å²) < 4.78 is 8.88. The molecule has 0 aliphatic carbocycles. The van der Waals surface area contributed by atoms with Crippen LogP contribution in [0, 0.1) is 38.2 Å². The van der Waals surface area contributed by atoms with Gasteiger partial charge in [-0.3, -0.25) is 0 Å². The number of hydrogen-bond donors (Lipinski definition) is 3. The molecule has 44 valence electrons. The van der Waals surface area contributed by atoms with E-state index in [2.05, 4.69) is 0 Å². The Hall–Kier alpha value is 1.98. The first kappa shape index (κ1) is 16.0. The van der Waals surface area contributed by atoms with Gasteiger partial charge in [0.25, 0.3) is 0 Å². The minimum atomic E-state index is -4.64. The molecule has 0 aromatic rings. The molecule has 7 heteroatoms. The van der Waals surface area contributed by atoms with E-state index < -0.39 is 7.82 Å². The Kier molecular flexibility index (Phi) is 13.9. The van der Waals surface area contributed by atoms with Gasteiger partial charge in [-0.25, -0.2) is 4.57 Å². The zero-order valence-corrected chi connectivity index (χ0v) is 5.44. The van der Waals surface area contributed by atoms with E-state index in [-0.39, 0.29) is 57.0 Å². The summed E-state index contributed by atoms with van der Waals surface area (Å²) in [7, 11) is -4.64. The molecule has 0 aromatic heterocycles. The molecule has 7 heavy (non-hydrogen) atoms. The molecule has 3 N–H and O–H groups in total. The average molecular weight is 268 g/mol. The predicted molar refractivity (Wildman–Crippen MR) is 21.4 cm³/mol. The van der Waals surface area contributed by atoms with Crippen molar-refractivity contribution in [2.45, 2.75) is 0 Å². The fourth-order valence-electron chi connectivity index (χ4n) is 0. The van der Waals surface area contributed by atoms with Crippen molar-refractivity contribution in [1.29, 1.82) is 0 Å². The van der Waals surface area contributed by atoms with Crippen LogP contribution in [0.1, 0.15) is 0 Å². The van der Waals surface area contributed by atoms with Crippen LogP contribution in [0.15, 0.2) is 0 Å². The summed E-state index contributed by atoms with van der Waals surface area (Å²) in [5.74, 6) is 0. The monoisotopic (exact) mass is 270 g/mol. The maximum absolute atomic E-state index is 8.88. The quantitative estimate of drug-likeness (QED) is 0.366. The second-order valence-electron chi connectivity index (χ2n) is 0.513. The van der Waals surface area contributed by atoms with E-state index in [1.54, 1.807) is 0 Å². The molecule has 0 spiro atoms. The van der Waals surface area contributed by atoms with Crippen LogP contribution in [0.5, 0.6) is 0 Å². The predicted octanol–water partition coefficient (Wildman–Crippen LogP) is -1.58. The number of rotatable bonds is 0. The molecule has 4 nitrogen and oxygen atoms in total. The fourth-order valence-corrected chi connectivity index (χ4v) is 0. The first-order valence-corrected chi connectivity index (χ1v) is 2.35. The van der Waals surface area contributed by atoms with Crippen LogP contribution in [-0.2, 0) is 4.57 Å². The van der Waals surface area contributed by atoms with Crippen LogP contribution in [0.2, 0.25) is 0 Å². The van der Waals surface area contributed by atoms with Crippen LogP contribution in [0.25, 0.3) is 0 Å². The van der Waals surface area contributed by atoms with Crippen LogP contribution in [0.4, 0.5) is 0 Å². The van der Waals surface area contributed by atoms with E-state index in [0.717, 1.165) is 0 Å². The zero-order valence-electron chi connectivity index (χ0n) is 2.51. The summed E-state index contributed by atoms with van der Waals surface area (Å²) in [6.45, 7) is 0. The van der Waals surface area contributed by atoms with E-state index in [1.165, 1.54) is 0 Å². The third-order valence-electron chi connectivity index (χ3n) is 0. The first-order chi connectivity index (χ1) is 2.00. The molecule has 0 unspecified atom stereocenters. The Labute approximate surface area is 83.1 Å². The van der Waals surface area contributed by atoms with Crippen LogP contribution in [0.3, 0.4) is 0 Å². The number of phosphoric acid groups is 1. The molecular weight excluding hydrogens is 264 g/mol. The van der Waals surface area contributed by atoms with E-state index in [9.17, 15) is 0 Å². The van der Waals surface area contributed by atoms with Crippen molar-refractivity contribution in [2.24, 2.45) is 0 Å². The van der Waals surface area contributed by atoms with Crippen molar-refractivity contribution < 1.29 is 57.4 Å².